The van der Waals surface area contributed by atoms with Gasteiger partial charge >= 0.3 is 5.97 Å². The van der Waals surface area contributed by atoms with E-state index in [1.54, 1.807) is 0 Å². The summed E-state index contributed by atoms with van der Waals surface area (Å²) in [6.07, 6.45) is -0.732. The molecular formula is C15H19NO5. The van der Waals surface area contributed by atoms with Crippen LogP contribution in [0.25, 0.3) is 0 Å². The topological polar surface area (TPSA) is 76.1 Å². The first kappa shape index (κ1) is 15.5. The number of hydrogen-bond donors (Lipinski definition) is 1. The second kappa shape index (κ2) is 7.19. The van der Waals surface area contributed by atoms with E-state index in [1.807, 2.05) is 30.3 Å². The van der Waals surface area contributed by atoms with E-state index >= 15 is 0 Å². The average Bonchev–Trinajstić information content (AvgIpc) is 2.53. The Morgan fingerprint density at radius 2 is 2.05 bits per heavy atom. The van der Waals surface area contributed by atoms with Crippen LogP contribution < -0.4 is 0 Å². The first-order valence-electron chi connectivity index (χ1n) is 6.86. The summed E-state index contributed by atoms with van der Waals surface area (Å²) in [5, 5.41) is 9.21. The molecule has 0 radical (unpaired) electrons. The van der Waals surface area contributed by atoms with E-state index < -0.39 is 18.1 Å². The van der Waals surface area contributed by atoms with Crippen molar-refractivity contribution < 1.29 is 24.2 Å². The molecule has 1 saturated heterocycles. The van der Waals surface area contributed by atoms with Crippen molar-refractivity contribution in [2.24, 2.45) is 0 Å². The molecule has 1 N–H and O–H groups in total. The van der Waals surface area contributed by atoms with Gasteiger partial charge in [-0.15, -0.1) is 0 Å². The van der Waals surface area contributed by atoms with Crippen LogP contribution >= 0.6 is 0 Å². The molecule has 6 nitrogen and oxygen atoms in total. The highest BCUT2D eigenvalue weighted by atomic mass is 16.6. The van der Waals surface area contributed by atoms with Gasteiger partial charge in [0.1, 0.15) is 6.04 Å². The van der Waals surface area contributed by atoms with Gasteiger partial charge in [0.2, 0.25) is 0 Å². The lowest BCUT2D eigenvalue weighted by Crippen LogP contribution is -2.50. The predicted octanol–water partition coefficient (Wildman–Crippen LogP) is 0.904. The molecule has 1 amide bonds. The van der Waals surface area contributed by atoms with E-state index in [4.69, 9.17) is 9.47 Å². The fourth-order valence-electron chi connectivity index (χ4n) is 2.13. The number of carboxylic acid groups (broad SMARTS) is 1. The van der Waals surface area contributed by atoms with Gasteiger partial charge in [-0.25, -0.2) is 4.79 Å². The van der Waals surface area contributed by atoms with Crippen LogP contribution in [0.15, 0.2) is 30.3 Å². The van der Waals surface area contributed by atoms with Gasteiger partial charge in [0.15, 0.2) is 6.10 Å². The van der Waals surface area contributed by atoms with Gasteiger partial charge in [-0.05, 0) is 12.5 Å². The zero-order valence-electron chi connectivity index (χ0n) is 11.9. The van der Waals surface area contributed by atoms with E-state index in [0.29, 0.717) is 13.2 Å². The van der Waals surface area contributed by atoms with Gasteiger partial charge in [-0.2, -0.15) is 0 Å². The van der Waals surface area contributed by atoms with Crippen LogP contribution in [-0.4, -0.2) is 53.8 Å². The van der Waals surface area contributed by atoms with Crippen LogP contribution in [-0.2, 0) is 25.6 Å². The van der Waals surface area contributed by atoms with Crippen molar-refractivity contribution in [3.63, 3.8) is 0 Å². The van der Waals surface area contributed by atoms with Gasteiger partial charge < -0.3 is 19.5 Å². The third-order valence-electron chi connectivity index (χ3n) is 3.40. The molecule has 2 rings (SSSR count). The summed E-state index contributed by atoms with van der Waals surface area (Å²) in [6, 6.07) is 8.35. The van der Waals surface area contributed by atoms with Crippen LogP contribution in [0.3, 0.4) is 0 Å². The van der Waals surface area contributed by atoms with E-state index in [1.165, 1.54) is 11.8 Å². The number of carboxylic acids is 1. The maximum atomic E-state index is 12.5. The normalized spacial score (nSPS) is 19.8. The molecule has 0 spiro atoms. The molecule has 6 heteroatoms. The van der Waals surface area contributed by atoms with Gasteiger partial charge in [0, 0.05) is 6.54 Å². The van der Waals surface area contributed by atoms with Gasteiger partial charge in [0.25, 0.3) is 5.91 Å². The standard InChI is InChI=1S/C15H19NO5/c1-11(15(18)19)16(9-12-5-3-2-4-6-12)14(17)13-10-20-7-8-21-13/h2-6,11,13H,7-10H2,1H3,(H,18,19)/t11-,13+/m1/s1. The Balaban J connectivity index is 2.14. The van der Waals surface area contributed by atoms with Gasteiger partial charge in [-0.1, -0.05) is 30.3 Å². The molecule has 0 aliphatic carbocycles. The summed E-state index contributed by atoms with van der Waals surface area (Å²) in [7, 11) is 0. The van der Waals surface area contributed by atoms with E-state index in [0.717, 1.165) is 5.56 Å². The molecule has 0 aromatic heterocycles. The minimum atomic E-state index is -1.05. The number of carbonyl (C=O) groups is 2. The number of benzene rings is 1. The monoisotopic (exact) mass is 293 g/mol. The van der Waals surface area contributed by atoms with Crippen molar-refractivity contribution in [2.75, 3.05) is 19.8 Å². The molecule has 0 unspecified atom stereocenters. The van der Waals surface area contributed by atoms with Crippen LogP contribution in [0.4, 0.5) is 0 Å². The average molecular weight is 293 g/mol. The van der Waals surface area contributed by atoms with E-state index in [9.17, 15) is 14.7 Å². The molecular weight excluding hydrogens is 274 g/mol. The zero-order chi connectivity index (χ0) is 15.2. The third-order valence-corrected chi connectivity index (χ3v) is 3.40. The van der Waals surface area contributed by atoms with Crippen molar-refractivity contribution >= 4 is 11.9 Å². The Bertz CT molecular complexity index is 484. The van der Waals surface area contributed by atoms with Crippen molar-refractivity contribution in [2.45, 2.75) is 25.6 Å². The summed E-state index contributed by atoms with van der Waals surface area (Å²) in [5.41, 5.74) is 0.871. The molecule has 114 valence electrons. The summed E-state index contributed by atoms with van der Waals surface area (Å²) in [5.74, 6) is -1.40. The van der Waals surface area contributed by atoms with Gasteiger partial charge in [-0.3, -0.25) is 4.79 Å². The number of amides is 1. The summed E-state index contributed by atoms with van der Waals surface area (Å²) in [4.78, 5) is 25.1. The molecule has 1 aliphatic heterocycles. The molecule has 1 aromatic rings. The lowest BCUT2D eigenvalue weighted by atomic mass is 10.1. The lowest BCUT2D eigenvalue weighted by Gasteiger charge is -2.31. The van der Waals surface area contributed by atoms with E-state index in [2.05, 4.69) is 0 Å². The number of rotatable bonds is 5. The molecule has 1 aromatic carbocycles. The molecule has 1 aliphatic rings. The van der Waals surface area contributed by atoms with Crippen LogP contribution in [0.5, 0.6) is 0 Å². The Labute approximate surface area is 123 Å². The molecule has 21 heavy (non-hydrogen) atoms. The van der Waals surface area contributed by atoms with Gasteiger partial charge in [0.05, 0.1) is 19.8 Å². The minimum Gasteiger partial charge on any atom is -0.480 e. The summed E-state index contributed by atoms with van der Waals surface area (Å²) in [6.45, 7) is 2.68. The molecule has 1 heterocycles. The highest BCUT2D eigenvalue weighted by Gasteiger charge is 2.33. The third kappa shape index (κ3) is 4.03. The number of carbonyl (C=O) groups excluding carboxylic acids is 1. The Morgan fingerprint density at radius 1 is 1.33 bits per heavy atom. The fraction of sp³-hybridized carbons (Fsp3) is 0.467. The molecule has 0 saturated carbocycles. The number of nitrogens with zero attached hydrogens (tertiary/aromatic N) is 1. The van der Waals surface area contributed by atoms with Crippen LogP contribution in [0.2, 0.25) is 0 Å². The summed E-state index contributed by atoms with van der Waals surface area (Å²) >= 11 is 0. The van der Waals surface area contributed by atoms with E-state index in [-0.39, 0.29) is 19.1 Å². The zero-order valence-corrected chi connectivity index (χ0v) is 11.9. The van der Waals surface area contributed by atoms with Crippen LogP contribution in [0, 0.1) is 0 Å². The second-order valence-corrected chi connectivity index (χ2v) is 4.90. The molecule has 2 atom stereocenters. The number of ether oxygens (including phenoxy) is 2. The molecule has 0 bridgehead atoms. The highest BCUT2D eigenvalue weighted by Crippen LogP contribution is 2.13. The van der Waals surface area contributed by atoms with Crippen molar-refractivity contribution in [3.05, 3.63) is 35.9 Å². The quantitative estimate of drug-likeness (QED) is 0.873. The Kier molecular flexibility index (Phi) is 5.30. The first-order chi connectivity index (χ1) is 10.1. The Morgan fingerprint density at radius 3 is 2.62 bits per heavy atom. The predicted molar refractivity (Wildman–Crippen MR) is 74.6 cm³/mol. The minimum absolute atomic E-state index is 0.163. The maximum absolute atomic E-state index is 12.5. The fourth-order valence-corrected chi connectivity index (χ4v) is 2.13. The molecule has 1 fully saturated rings. The smallest absolute Gasteiger partial charge is 0.326 e. The van der Waals surface area contributed by atoms with Crippen LogP contribution in [0.1, 0.15) is 12.5 Å². The first-order valence-corrected chi connectivity index (χ1v) is 6.86. The summed E-state index contributed by atoms with van der Waals surface area (Å²) < 4.78 is 10.6. The Hall–Kier alpha value is -1.92. The highest BCUT2D eigenvalue weighted by molar-refractivity contribution is 5.86. The van der Waals surface area contributed by atoms with Crippen molar-refractivity contribution in [1.29, 1.82) is 0 Å². The maximum Gasteiger partial charge on any atom is 0.326 e. The lowest BCUT2D eigenvalue weighted by molar-refractivity contribution is -0.165. The van der Waals surface area contributed by atoms with Crippen molar-refractivity contribution in [1.82, 2.24) is 4.90 Å². The van der Waals surface area contributed by atoms with Crippen molar-refractivity contribution in [3.8, 4) is 0 Å². The number of hydrogen-bond acceptors (Lipinski definition) is 4. The second-order valence-electron chi connectivity index (χ2n) is 4.90. The number of aliphatic carboxylic acids is 1. The SMILES string of the molecule is C[C@H](C(=O)O)N(Cc1ccccc1)C(=O)[C@@H]1COCCO1. The largest absolute Gasteiger partial charge is 0.480 e.